The van der Waals surface area contributed by atoms with Gasteiger partial charge in [0.25, 0.3) is 6.43 Å². The van der Waals surface area contributed by atoms with E-state index >= 15 is 0 Å². The van der Waals surface area contributed by atoms with Gasteiger partial charge in [0.1, 0.15) is 0 Å². The zero-order valence-corrected chi connectivity index (χ0v) is 12.5. The Kier molecular flexibility index (Phi) is 6.99. The van der Waals surface area contributed by atoms with Crippen LogP contribution in [0.15, 0.2) is 24.3 Å². The molecule has 1 rings (SSSR count). The van der Waals surface area contributed by atoms with Crippen molar-refractivity contribution in [2.45, 2.75) is 26.2 Å². The lowest BCUT2D eigenvalue weighted by molar-refractivity contribution is -0.132. The quantitative estimate of drug-likeness (QED) is 0.700. The molecule has 0 fully saturated rings. The Morgan fingerprint density at radius 2 is 1.95 bits per heavy atom. The van der Waals surface area contributed by atoms with Crippen molar-refractivity contribution in [3.63, 3.8) is 0 Å². The standard InChI is InChI=1S/C14H18BrF2NO/c1-11-2-4-12(5-3-11)6-7-14(19)18(9-8-15)10-13(16)17/h2-5,13H,6-10H2,1H3. The average molecular weight is 334 g/mol. The van der Waals surface area contributed by atoms with Gasteiger partial charge in [0.2, 0.25) is 5.91 Å². The van der Waals surface area contributed by atoms with Gasteiger partial charge >= 0.3 is 0 Å². The third kappa shape index (κ3) is 6.14. The molecule has 2 nitrogen and oxygen atoms in total. The van der Waals surface area contributed by atoms with Gasteiger partial charge in [0, 0.05) is 18.3 Å². The highest BCUT2D eigenvalue weighted by atomic mass is 79.9. The molecule has 106 valence electrons. The molecule has 0 heterocycles. The summed E-state index contributed by atoms with van der Waals surface area (Å²) in [6.45, 7) is 1.82. The number of hydrogen-bond donors (Lipinski definition) is 0. The molecule has 0 saturated carbocycles. The maximum atomic E-state index is 12.4. The van der Waals surface area contributed by atoms with Crippen LogP contribution in [0.25, 0.3) is 0 Å². The summed E-state index contributed by atoms with van der Waals surface area (Å²) in [6, 6.07) is 7.89. The molecule has 5 heteroatoms. The van der Waals surface area contributed by atoms with E-state index in [0.717, 1.165) is 11.1 Å². The van der Waals surface area contributed by atoms with Crippen LogP contribution in [0.4, 0.5) is 8.78 Å². The van der Waals surface area contributed by atoms with Gasteiger partial charge in [-0.25, -0.2) is 8.78 Å². The summed E-state index contributed by atoms with van der Waals surface area (Å²) in [6.07, 6.45) is -1.63. The highest BCUT2D eigenvalue weighted by molar-refractivity contribution is 9.09. The van der Waals surface area contributed by atoms with E-state index in [0.29, 0.717) is 18.3 Å². The van der Waals surface area contributed by atoms with Gasteiger partial charge < -0.3 is 4.90 Å². The van der Waals surface area contributed by atoms with Crippen LogP contribution in [0.2, 0.25) is 0 Å². The van der Waals surface area contributed by atoms with Crippen LogP contribution in [0, 0.1) is 6.92 Å². The van der Waals surface area contributed by atoms with Crippen LogP contribution >= 0.6 is 15.9 Å². The van der Waals surface area contributed by atoms with Crippen molar-refractivity contribution >= 4 is 21.8 Å². The number of amides is 1. The van der Waals surface area contributed by atoms with Gasteiger partial charge in [-0.05, 0) is 18.9 Å². The normalized spacial score (nSPS) is 10.8. The lowest BCUT2D eigenvalue weighted by Crippen LogP contribution is -2.36. The molecular formula is C14H18BrF2NO. The van der Waals surface area contributed by atoms with Crippen LogP contribution < -0.4 is 0 Å². The second-order valence-electron chi connectivity index (χ2n) is 4.41. The van der Waals surface area contributed by atoms with Gasteiger partial charge in [-0.3, -0.25) is 4.79 Å². The molecule has 0 bridgehead atoms. The predicted octanol–water partition coefficient (Wildman–Crippen LogP) is 3.42. The van der Waals surface area contributed by atoms with Crippen molar-refractivity contribution in [3.8, 4) is 0 Å². The molecule has 0 aliphatic heterocycles. The number of benzene rings is 1. The summed E-state index contributed by atoms with van der Waals surface area (Å²) in [7, 11) is 0. The molecule has 1 amide bonds. The van der Waals surface area contributed by atoms with Crippen molar-refractivity contribution in [2.24, 2.45) is 0 Å². The lowest BCUT2D eigenvalue weighted by atomic mass is 10.1. The summed E-state index contributed by atoms with van der Waals surface area (Å²) in [5.41, 5.74) is 2.21. The molecule has 19 heavy (non-hydrogen) atoms. The smallest absolute Gasteiger partial charge is 0.255 e. The zero-order valence-electron chi connectivity index (χ0n) is 10.9. The molecule has 0 aliphatic carbocycles. The van der Waals surface area contributed by atoms with E-state index in [1.807, 2.05) is 31.2 Å². The maximum absolute atomic E-state index is 12.4. The molecule has 0 N–H and O–H groups in total. The number of alkyl halides is 3. The molecule has 1 aromatic rings. The largest absolute Gasteiger partial charge is 0.336 e. The number of nitrogens with zero attached hydrogens (tertiary/aromatic N) is 1. The molecular weight excluding hydrogens is 316 g/mol. The number of hydrogen-bond acceptors (Lipinski definition) is 1. The Bertz CT molecular complexity index is 395. The van der Waals surface area contributed by atoms with E-state index in [-0.39, 0.29) is 12.3 Å². The molecule has 1 aromatic carbocycles. The summed E-state index contributed by atoms with van der Waals surface area (Å²) >= 11 is 3.17. The van der Waals surface area contributed by atoms with Gasteiger partial charge in [0.05, 0.1) is 6.54 Å². The van der Waals surface area contributed by atoms with E-state index in [2.05, 4.69) is 15.9 Å². The summed E-state index contributed by atoms with van der Waals surface area (Å²) in [4.78, 5) is 13.1. The second-order valence-corrected chi connectivity index (χ2v) is 5.20. The van der Waals surface area contributed by atoms with Gasteiger partial charge in [0.15, 0.2) is 0 Å². The fourth-order valence-electron chi connectivity index (χ4n) is 1.75. The second kappa shape index (κ2) is 8.25. The minimum atomic E-state index is -2.48. The molecule has 0 radical (unpaired) electrons. The van der Waals surface area contributed by atoms with Crippen molar-refractivity contribution in [1.82, 2.24) is 4.90 Å². The van der Waals surface area contributed by atoms with E-state index in [1.54, 1.807) is 0 Å². The number of halogens is 3. The van der Waals surface area contributed by atoms with Gasteiger partial charge in [-0.2, -0.15) is 0 Å². The van der Waals surface area contributed by atoms with Crippen molar-refractivity contribution in [1.29, 1.82) is 0 Å². The molecule has 0 unspecified atom stereocenters. The molecule has 0 atom stereocenters. The van der Waals surface area contributed by atoms with Crippen LogP contribution in [0.5, 0.6) is 0 Å². The SMILES string of the molecule is Cc1ccc(CCC(=O)N(CCBr)CC(F)F)cc1. The van der Waals surface area contributed by atoms with Gasteiger partial charge in [-0.1, -0.05) is 45.8 Å². The zero-order chi connectivity index (χ0) is 14.3. The van der Waals surface area contributed by atoms with E-state index < -0.39 is 13.0 Å². The first-order chi connectivity index (χ1) is 9.02. The Labute approximate surface area is 120 Å². The molecule has 0 aliphatic rings. The third-order valence-electron chi connectivity index (χ3n) is 2.81. The highest BCUT2D eigenvalue weighted by Gasteiger charge is 2.17. The summed E-state index contributed by atoms with van der Waals surface area (Å²) in [5, 5.41) is 0.510. The fourth-order valence-corrected chi connectivity index (χ4v) is 2.18. The first-order valence-corrected chi connectivity index (χ1v) is 7.32. The lowest BCUT2D eigenvalue weighted by Gasteiger charge is -2.21. The first-order valence-electron chi connectivity index (χ1n) is 6.20. The van der Waals surface area contributed by atoms with E-state index in [1.165, 1.54) is 4.90 Å². The number of carbonyl (C=O) groups excluding carboxylic acids is 1. The topological polar surface area (TPSA) is 20.3 Å². The third-order valence-corrected chi connectivity index (χ3v) is 3.17. The van der Waals surface area contributed by atoms with Crippen LogP contribution in [0.1, 0.15) is 17.5 Å². The maximum Gasteiger partial charge on any atom is 0.255 e. The molecule has 0 aromatic heterocycles. The van der Waals surface area contributed by atoms with Crippen LogP contribution in [0.3, 0.4) is 0 Å². The van der Waals surface area contributed by atoms with Crippen molar-refractivity contribution < 1.29 is 13.6 Å². The number of carbonyl (C=O) groups is 1. The molecule has 0 saturated heterocycles. The van der Waals surface area contributed by atoms with Crippen molar-refractivity contribution in [3.05, 3.63) is 35.4 Å². The van der Waals surface area contributed by atoms with E-state index in [9.17, 15) is 13.6 Å². The fraction of sp³-hybridized carbons (Fsp3) is 0.500. The Morgan fingerprint density at radius 3 is 2.47 bits per heavy atom. The number of rotatable bonds is 7. The van der Waals surface area contributed by atoms with Crippen LogP contribution in [-0.2, 0) is 11.2 Å². The minimum Gasteiger partial charge on any atom is -0.336 e. The van der Waals surface area contributed by atoms with Crippen LogP contribution in [-0.4, -0.2) is 35.7 Å². The Hall–Kier alpha value is -0.970. The first kappa shape index (κ1) is 16.1. The Morgan fingerprint density at radius 1 is 1.32 bits per heavy atom. The Balaban J connectivity index is 2.49. The summed E-state index contributed by atoms with van der Waals surface area (Å²) < 4.78 is 24.7. The predicted molar refractivity (Wildman–Crippen MR) is 75.9 cm³/mol. The van der Waals surface area contributed by atoms with Gasteiger partial charge in [-0.15, -0.1) is 0 Å². The average Bonchev–Trinajstić information content (AvgIpc) is 2.37. The minimum absolute atomic E-state index is 0.222. The number of aryl methyl sites for hydroxylation is 2. The monoisotopic (exact) mass is 333 g/mol. The molecule has 0 spiro atoms. The summed E-state index contributed by atoms with van der Waals surface area (Å²) in [5.74, 6) is -0.222. The highest BCUT2D eigenvalue weighted by Crippen LogP contribution is 2.08. The van der Waals surface area contributed by atoms with E-state index in [4.69, 9.17) is 0 Å². The van der Waals surface area contributed by atoms with Crippen molar-refractivity contribution in [2.75, 3.05) is 18.4 Å².